The van der Waals surface area contributed by atoms with Crippen molar-refractivity contribution in [3.8, 4) is 0 Å². The molecule has 21 heavy (non-hydrogen) atoms. The van der Waals surface area contributed by atoms with Gasteiger partial charge in [0.1, 0.15) is 10.8 Å². The van der Waals surface area contributed by atoms with Gasteiger partial charge in [0.2, 0.25) is 0 Å². The van der Waals surface area contributed by atoms with Crippen LogP contribution in [0.25, 0.3) is 0 Å². The number of nitro groups is 1. The topological polar surface area (TPSA) is 85.1 Å². The van der Waals surface area contributed by atoms with Crippen LogP contribution in [0.2, 0.25) is 10.2 Å². The number of halogens is 2. The predicted molar refractivity (Wildman–Crippen MR) is 80.0 cm³/mol. The molecule has 2 aromatic rings. The average Bonchev–Trinajstić information content (AvgIpc) is 2.43. The molecule has 6 nitrogen and oxygen atoms in total. The molecule has 0 aliphatic rings. The van der Waals surface area contributed by atoms with Crippen LogP contribution in [-0.4, -0.2) is 15.8 Å². The molecule has 0 unspecified atom stereocenters. The molecule has 0 aliphatic heterocycles. The van der Waals surface area contributed by atoms with Gasteiger partial charge in [0.15, 0.2) is 0 Å². The lowest BCUT2D eigenvalue weighted by Crippen LogP contribution is -2.15. The summed E-state index contributed by atoms with van der Waals surface area (Å²) in [7, 11) is 0. The van der Waals surface area contributed by atoms with Gasteiger partial charge in [0.25, 0.3) is 11.6 Å². The number of amides is 1. The summed E-state index contributed by atoms with van der Waals surface area (Å²) in [6, 6.07) is 7.05. The third-order valence-electron chi connectivity index (χ3n) is 2.70. The normalized spacial score (nSPS) is 10.2. The van der Waals surface area contributed by atoms with Gasteiger partial charge in [-0.1, -0.05) is 23.2 Å². The van der Waals surface area contributed by atoms with Crippen molar-refractivity contribution in [1.29, 1.82) is 0 Å². The number of rotatable bonds is 3. The number of benzene rings is 1. The number of anilines is 1. The van der Waals surface area contributed by atoms with E-state index in [0.29, 0.717) is 11.3 Å². The van der Waals surface area contributed by atoms with Crippen molar-refractivity contribution < 1.29 is 9.72 Å². The Balaban J connectivity index is 2.27. The maximum atomic E-state index is 12.1. The molecule has 0 saturated carbocycles. The number of carbonyl (C=O) groups excluding carboxylic acids is 1. The van der Waals surface area contributed by atoms with Crippen molar-refractivity contribution in [2.75, 3.05) is 5.32 Å². The van der Waals surface area contributed by atoms with Crippen molar-refractivity contribution in [2.24, 2.45) is 0 Å². The summed E-state index contributed by atoms with van der Waals surface area (Å²) in [4.78, 5) is 26.1. The standard InChI is InChI=1S/C13H9Cl2N3O3/c1-7-6-8(18(20)21)2-4-10(7)16-13(19)12-9(14)3-5-11(15)17-12/h2-6H,1H3,(H,16,19). The first-order valence-corrected chi connectivity index (χ1v) is 6.52. The van der Waals surface area contributed by atoms with Crippen molar-refractivity contribution in [3.63, 3.8) is 0 Å². The van der Waals surface area contributed by atoms with Gasteiger partial charge in [-0.05, 0) is 30.7 Å². The van der Waals surface area contributed by atoms with Crippen molar-refractivity contribution >= 4 is 40.5 Å². The van der Waals surface area contributed by atoms with E-state index in [4.69, 9.17) is 23.2 Å². The van der Waals surface area contributed by atoms with E-state index in [1.54, 1.807) is 6.92 Å². The fourth-order valence-electron chi connectivity index (χ4n) is 1.66. The maximum absolute atomic E-state index is 12.1. The molecule has 0 aliphatic carbocycles. The summed E-state index contributed by atoms with van der Waals surface area (Å²) in [5.41, 5.74) is 0.922. The van der Waals surface area contributed by atoms with Gasteiger partial charge in [0.05, 0.1) is 9.95 Å². The van der Waals surface area contributed by atoms with Crippen LogP contribution in [0.1, 0.15) is 16.1 Å². The monoisotopic (exact) mass is 325 g/mol. The van der Waals surface area contributed by atoms with Crippen LogP contribution in [0.3, 0.4) is 0 Å². The number of nitrogens with zero attached hydrogens (tertiary/aromatic N) is 2. The van der Waals surface area contributed by atoms with Crippen molar-refractivity contribution in [3.05, 3.63) is 61.9 Å². The number of non-ortho nitro benzene ring substituents is 1. The third kappa shape index (κ3) is 3.48. The summed E-state index contributed by atoms with van der Waals surface area (Å²) in [5, 5.41) is 13.6. The Morgan fingerprint density at radius 1 is 1.29 bits per heavy atom. The van der Waals surface area contributed by atoms with E-state index < -0.39 is 10.8 Å². The highest BCUT2D eigenvalue weighted by atomic mass is 35.5. The van der Waals surface area contributed by atoms with Gasteiger partial charge in [0, 0.05) is 17.8 Å². The fourth-order valence-corrected chi connectivity index (χ4v) is 2.00. The smallest absolute Gasteiger partial charge is 0.275 e. The zero-order chi connectivity index (χ0) is 15.6. The number of aryl methyl sites for hydroxylation is 1. The molecule has 8 heteroatoms. The molecule has 1 aromatic carbocycles. The minimum Gasteiger partial charge on any atom is -0.320 e. The van der Waals surface area contributed by atoms with Crippen LogP contribution in [0.5, 0.6) is 0 Å². The van der Waals surface area contributed by atoms with E-state index in [2.05, 4.69) is 10.3 Å². The summed E-state index contributed by atoms with van der Waals surface area (Å²) in [6.45, 7) is 1.65. The second kappa shape index (κ2) is 6.07. The van der Waals surface area contributed by atoms with Gasteiger partial charge in [-0.15, -0.1) is 0 Å². The molecule has 0 radical (unpaired) electrons. The lowest BCUT2D eigenvalue weighted by molar-refractivity contribution is -0.384. The molecular weight excluding hydrogens is 317 g/mol. The van der Waals surface area contributed by atoms with Crippen LogP contribution >= 0.6 is 23.2 Å². The minimum atomic E-state index is -0.542. The van der Waals surface area contributed by atoms with Crippen molar-refractivity contribution in [1.82, 2.24) is 4.98 Å². The van der Waals surface area contributed by atoms with E-state index in [1.165, 1.54) is 30.3 Å². The second-order valence-electron chi connectivity index (χ2n) is 4.17. The molecule has 0 saturated heterocycles. The summed E-state index contributed by atoms with van der Waals surface area (Å²) >= 11 is 11.6. The summed E-state index contributed by atoms with van der Waals surface area (Å²) in [5.74, 6) is -0.542. The third-order valence-corrected chi connectivity index (χ3v) is 3.21. The Morgan fingerprint density at radius 2 is 2.00 bits per heavy atom. The largest absolute Gasteiger partial charge is 0.320 e. The molecule has 1 heterocycles. The average molecular weight is 326 g/mol. The van der Waals surface area contributed by atoms with Crippen LogP contribution in [0.15, 0.2) is 30.3 Å². The van der Waals surface area contributed by atoms with Gasteiger partial charge >= 0.3 is 0 Å². The van der Waals surface area contributed by atoms with Gasteiger partial charge in [-0.25, -0.2) is 4.98 Å². The Morgan fingerprint density at radius 3 is 2.62 bits per heavy atom. The van der Waals surface area contributed by atoms with E-state index in [-0.39, 0.29) is 21.6 Å². The Bertz CT molecular complexity index is 735. The highest BCUT2D eigenvalue weighted by Crippen LogP contribution is 2.23. The van der Waals surface area contributed by atoms with E-state index in [9.17, 15) is 14.9 Å². The van der Waals surface area contributed by atoms with E-state index >= 15 is 0 Å². The van der Waals surface area contributed by atoms with Gasteiger partial charge in [-0.3, -0.25) is 14.9 Å². The quantitative estimate of drug-likeness (QED) is 0.527. The molecule has 2 rings (SSSR count). The number of pyridine rings is 1. The van der Waals surface area contributed by atoms with Crippen LogP contribution in [-0.2, 0) is 0 Å². The highest BCUT2D eigenvalue weighted by molar-refractivity contribution is 6.35. The number of hydrogen-bond acceptors (Lipinski definition) is 4. The molecule has 108 valence electrons. The number of aromatic nitrogens is 1. The van der Waals surface area contributed by atoms with E-state index in [1.807, 2.05) is 0 Å². The summed E-state index contributed by atoms with van der Waals surface area (Å²) in [6.07, 6.45) is 0. The molecule has 1 N–H and O–H groups in total. The molecule has 1 aromatic heterocycles. The fraction of sp³-hybridized carbons (Fsp3) is 0.0769. The van der Waals surface area contributed by atoms with Gasteiger partial charge < -0.3 is 5.32 Å². The minimum absolute atomic E-state index is 0.0121. The van der Waals surface area contributed by atoms with Crippen molar-refractivity contribution in [2.45, 2.75) is 6.92 Å². The Kier molecular flexibility index (Phi) is 4.40. The number of nitrogens with one attached hydrogen (secondary N) is 1. The first-order chi connectivity index (χ1) is 9.88. The molecule has 1 amide bonds. The lowest BCUT2D eigenvalue weighted by atomic mass is 10.1. The Hall–Kier alpha value is -2.18. The predicted octanol–water partition coefficient (Wildman–Crippen LogP) is 3.86. The number of carbonyl (C=O) groups is 1. The zero-order valence-corrected chi connectivity index (χ0v) is 12.3. The lowest BCUT2D eigenvalue weighted by Gasteiger charge is -2.08. The van der Waals surface area contributed by atoms with Crippen LogP contribution < -0.4 is 5.32 Å². The van der Waals surface area contributed by atoms with Crippen LogP contribution in [0, 0.1) is 17.0 Å². The Labute approximate surface area is 129 Å². The molecule has 0 atom stereocenters. The zero-order valence-electron chi connectivity index (χ0n) is 10.8. The maximum Gasteiger partial charge on any atom is 0.275 e. The highest BCUT2D eigenvalue weighted by Gasteiger charge is 2.15. The molecular formula is C13H9Cl2N3O3. The number of nitro benzene ring substituents is 1. The molecule has 0 bridgehead atoms. The first kappa shape index (κ1) is 15.2. The first-order valence-electron chi connectivity index (χ1n) is 5.77. The molecule has 0 spiro atoms. The van der Waals surface area contributed by atoms with Gasteiger partial charge in [-0.2, -0.15) is 0 Å². The van der Waals surface area contributed by atoms with Crippen LogP contribution in [0.4, 0.5) is 11.4 Å². The second-order valence-corrected chi connectivity index (χ2v) is 4.97. The SMILES string of the molecule is Cc1cc([N+](=O)[O-])ccc1NC(=O)c1nc(Cl)ccc1Cl. The van der Waals surface area contributed by atoms with E-state index in [0.717, 1.165) is 0 Å². The summed E-state index contributed by atoms with van der Waals surface area (Å²) < 4.78 is 0. The molecule has 0 fully saturated rings. The number of hydrogen-bond donors (Lipinski definition) is 1.